The minimum absolute atomic E-state index is 0.0530. The molecule has 1 fully saturated rings. The van der Waals surface area contributed by atoms with Crippen molar-refractivity contribution in [3.63, 3.8) is 0 Å². The number of nitrogens with zero attached hydrogens (tertiary/aromatic N) is 3. The Balaban J connectivity index is 2.09. The number of carbonyl (C=O) groups excluding carboxylic acids is 1. The number of aliphatic hydroxyl groups is 1. The quantitative estimate of drug-likeness (QED) is 0.779. The maximum Gasteiger partial charge on any atom is 0.331 e. The van der Waals surface area contributed by atoms with Crippen molar-refractivity contribution in [2.75, 3.05) is 13.2 Å². The van der Waals surface area contributed by atoms with Gasteiger partial charge in [0.05, 0.1) is 0 Å². The summed E-state index contributed by atoms with van der Waals surface area (Å²) >= 11 is 0. The number of aromatic nitrogens is 2. The van der Waals surface area contributed by atoms with Crippen LogP contribution in [0.2, 0.25) is 0 Å². The topological polar surface area (TPSA) is 84.5 Å². The number of hydrogen-bond donors (Lipinski definition) is 1. The van der Waals surface area contributed by atoms with Gasteiger partial charge in [-0.05, 0) is 25.7 Å². The SMILES string of the molecule is Cn1c(=O)ccn(CC(=O)N2CCCC2CCCO)c1=O. The molecule has 0 aromatic carbocycles. The van der Waals surface area contributed by atoms with Crippen LogP contribution in [0.4, 0.5) is 0 Å². The van der Waals surface area contributed by atoms with Gasteiger partial charge in [-0.1, -0.05) is 0 Å². The summed E-state index contributed by atoms with van der Waals surface area (Å²) in [5, 5.41) is 8.90. The molecule has 116 valence electrons. The van der Waals surface area contributed by atoms with Gasteiger partial charge in [-0.25, -0.2) is 4.79 Å². The smallest absolute Gasteiger partial charge is 0.331 e. The lowest BCUT2D eigenvalue weighted by atomic mass is 10.1. The summed E-state index contributed by atoms with van der Waals surface area (Å²) in [6, 6.07) is 1.43. The van der Waals surface area contributed by atoms with Crippen molar-refractivity contribution >= 4 is 5.91 Å². The second-order valence-corrected chi connectivity index (χ2v) is 5.37. The first kappa shape index (κ1) is 15.5. The van der Waals surface area contributed by atoms with Gasteiger partial charge in [0.1, 0.15) is 6.54 Å². The van der Waals surface area contributed by atoms with E-state index in [-0.39, 0.29) is 30.7 Å². The Bertz CT molecular complexity index is 619. The molecule has 0 saturated carbocycles. The molecule has 1 atom stereocenters. The first-order valence-corrected chi connectivity index (χ1v) is 7.21. The van der Waals surface area contributed by atoms with Crippen molar-refractivity contribution < 1.29 is 9.90 Å². The maximum absolute atomic E-state index is 12.4. The summed E-state index contributed by atoms with van der Waals surface area (Å²) < 4.78 is 2.24. The van der Waals surface area contributed by atoms with E-state index < -0.39 is 5.69 Å². The van der Waals surface area contributed by atoms with E-state index in [1.54, 1.807) is 4.90 Å². The Labute approximate surface area is 122 Å². The highest BCUT2D eigenvalue weighted by Crippen LogP contribution is 2.21. The van der Waals surface area contributed by atoms with Crippen LogP contribution in [-0.4, -0.2) is 44.2 Å². The lowest BCUT2D eigenvalue weighted by Crippen LogP contribution is -2.43. The summed E-state index contributed by atoms with van der Waals surface area (Å²) in [6.07, 6.45) is 4.71. The fourth-order valence-corrected chi connectivity index (χ4v) is 2.76. The van der Waals surface area contributed by atoms with Gasteiger partial charge in [0.2, 0.25) is 5.91 Å². The molecule has 7 nitrogen and oxygen atoms in total. The Hall–Kier alpha value is -1.89. The van der Waals surface area contributed by atoms with Gasteiger partial charge in [-0.15, -0.1) is 0 Å². The van der Waals surface area contributed by atoms with E-state index in [0.29, 0.717) is 13.0 Å². The molecular formula is C14H21N3O4. The van der Waals surface area contributed by atoms with E-state index in [0.717, 1.165) is 23.8 Å². The zero-order valence-corrected chi connectivity index (χ0v) is 12.2. The molecule has 1 amide bonds. The van der Waals surface area contributed by atoms with Gasteiger partial charge in [0.25, 0.3) is 5.56 Å². The van der Waals surface area contributed by atoms with Gasteiger partial charge in [0, 0.05) is 38.5 Å². The highest BCUT2D eigenvalue weighted by atomic mass is 16.3. The number of aliphatic hydroxyl groups excluding tert-OH is 1. The van der Waals surface area contributed by atoms with Crippen LogP contribution in [0.5, 0.6) is 0 Å². The molecule has 1 aromatic rings. The molecule has 1 saturated heterocycles. The summed E-state index contributed by atoms with van der Waals surface area (Å²) in [5.74, 6) is -0.115. The standard InChI is InChI=1S/C14H21N3O4/c1-15-12(19)6-8-16(14(15)21)10-13(20)17-7-2-4-11(17)5-3-9-18/h6,8,11,18H,2-5,7,9-10H2,1H3. The molecule has 0 radical (unpaired) electrons. The van der Waals surface area contributed by atoms with E-state index in [9.17, 15) is 14.4 Å². The summed E-state index contributed by atoms with van der Waals surface area (Å²) in [4.78, 5) is 37.4. The largest absolute Gasteiger partial charge is 0.396 e. The summed E-state index contributed by atoms with van der Waals surface area (Å²) in [5.41, 5.74) is -0.868. The van der Waals surface area contributed by atoms with Crippen LogP contribution in [0, 0.1) is 0 Å². The Morgan fingerprint density at radius 2 is 2.19 bits per heavy atom. The number of rotatable bonds is 5. The predicted octanol–water partition coefficient (Wildman–Crippen LogP) is -0.689. The van der Waals surface area contributed by atoms with E-state index in [1.165, 1.54) is 23.9 Å². The zero-order valence-electron chi connectivity index (χ0n) is 12.2. The minimum atomic E-state index is -0.484. The average Bonchev–Trinajstić information content (AvgIpc) is 2.94. The number of likely N-dealkylation sites (tertiary alicyclic amines) is 1. The molecule has 0 bridgehead atoms. The van der Waals surface area contributed by atoms with E-state index in [4.69, 9.17) is 5.11 Å². The highest BCUT2D eigenvalue weighted by molar-refractivity contribution is 5.76. The number of amides is 1. The molecule has 1 N–H and O–H groups in total. The molecule has 1 aliphatic rings. The van der Waals surface area contributed by atoms with Gasteiger partial charge in [-0.2, -0.15) is 0 Å². The van der Waals surface area contributed by atoms with Crippen LogP contribution in [0.1, 0.15) is 25.7 Å². The molecule has 21 heavy (non-hydrogen) atoms. The van der Waals surface area contributed by atoms with Gasteiger partial charge in [-0.3, -0.25) is 18.7 Å². The molecule has 2 rings (SSSR count). The average molecular weight is 295 g/mol. The number of carbonyl (C=O) groups is 1. The first-order valence-electron chi connectivity index (χ1n) is 7.21. The summed E-state index contributed by atoms with van der Waals surface area (Å²) in [6.45, 7) is 0.761. The Kier molecular flexibility index (Phi) is 4.95. The monoisotopic (exact) mass is 295 g/mol. The molecule has 1 unspecified atom stereocenters. The third-order valence-corrected chi connectivity index (χ3v) is 3.96. The van der Waals surface area contributed by atoms with Crippen molar-refractivity contribution in [1.29, 1.82) is 0 Å². The van der Waals surface area contributed by atoms with Crippen LogP contribution in [0.3, 0.4) is 0 Å². The van der Waals surface area contributed by atoms with Crippen LogP contribution in [0.25, 0.3) is 0 Å². The maximum atomic E-state index is 12.4. The van der Waals surface area contributed by atoms with Crippen molar-refractivity contribution in [3.8, 4) is 0 Å². The van der Waals surface area contributed by atoms with Crippen LogP contribution < -0.4 is 11.2 Å². The molecule has 0 aliphatic carbocycles. The normalized spacial score (nSPS) is 18.2. The molecule has 2 heterocycles. The van der Waals surface area contributed by atoms with Crippen molar-refractivity contribution in [1.82, 2.24) is 14.0 Å². The molecule has 1 aliphatic heterocycles. The molecule has 7 heteroatoms. The van der Waals surface area contributed by atoms with E-state index in [2.05, 4.69) is 0 Å². The molecular weight excluding hydrogens is 274 g/mol. The third kappa shape index (κ3) is 3.41. The molecule has 0 spiro atoms. The lowest BCUT2D eigenvalue weighted by Gasteiger charge is -2.25. The van der Waals surface area contributed by atoms with Crippen LogP contribution in [0.15, 0.2) is 21.9 Å². The highest BCUT2D eigenvalue weighted by Gasteiger charge is 2.28. The minimum Gasteiger partial charge on any atom is -0.396 e. The van der Waals surface area contributed by atoms with Crippen LogP contribution >= 0.6 is 0 Å². The lowest BCUT2D eigenvalue weighted by molar-refractivity contribution is -0.132. The zero-order chi connectivity index (χ0) is 15.4. The van der Waals surface area contributed by atoms with Crippen LogP contribution in [-0.2, 0) is 18.4 Å². The summed E-state index contributed by atoms with van der Waals surface area (Å²) in [7, 11) is 1.39. The van der Waals surface area contributed by atoms with Gasteiger partial charge in [0.15, 0.2) is 0 Å². The van der Waals surface area contributed by atoms with E-state index >= 15 is 0 Å². The van der Waals surface area contributed by atoms with Crippen molar-refractivity contribution in [3.05, 3.63) is 33.1 Å². The third-order valence-electron chi connectivity index (χ3n) is 3.96. The fraction of sp³-hybridized carbons (Fsp3) is 0.643. The predicted molar refractivity (Wildman–Crippen MR) is 77.0 cm³/mol. The Morgan fingerprint density at radius 3 is 2.90 bits per heavy atom. The second-order valence-electron chi connectivity index (χ2n) is 5.37. The fourth-order valence-electron chi connectivity index (χ4n) is 2.76. The Morgan fingerprint density at radius 1 is 1.43 bits per heavy atom. The van der Waals surface area contributed by atoms with Gasteiger partial charge >= 0.3 is 5.69 Å². The second kappa shape index (κ2) is 6.71. The molecule has 1 aromatic heterocycles. The van der Waals surface area contributed by atoms with E-state index in [1.807, 2.05) is 0 Å². The van der Waals surface area contributed by atoms with Gasteiger partial charge < -0.3 is 10.0 Å². The van der Waals surface area contributed by atoms with Crippen molar-refractivity contribution in [2.24, 2.45) is 7.05 Å². The number of hydrogen-bond acceptors (Lipinski definition) is 4. The first-order chi connectivity index (χ1) is 10.0. The van der Waals surface area contributed by atoms with Crippen molar-refractivity contribution in [2.45, 2.75) is 38.3 Å².